The Labute approximate surface area is 206 Å². The first-order valence-electron chi connectivity index (χ1n) is 11.5. The molecule has 0 atom stereocenters. The van der Waals surface area contributed by atoms with Crippen LogP contribution in [0.4, 0.5) is 0 Å². The number of carbonyl (C=O) groups excluding carboxylic acids is 1. The molecule has 35 heavy (non-hydrogen) atoms. The molecular formula is C31H28O4. The monoisotopic (exact) mass is 464 g/mol. The first-order valence-corrected chi connectivity index (χ1v) is 11.5. The van der Waals surface area contributed by atoms with Crippen LogP contribution in [-0.4, -0.2) is 10.9 Å². The zero-order chi connectivity index (χ0) is 24.6. The number of phenolic OH excluding ortho intramolecular Hbond substituents is 1. The number of aryl methyl sites for hydroxylation is 2. The number of carbonyl (C=O) groups is 1. The lowest BCUT2D eigenvalue weighted by Gasteiger charge is -2.13. The van der Waals surface area contributed by atoms with Crippen molar-refractivity contribution in [2.75, 3.05) is 0 Å². The van der Waals surface area contributed by atoms with Gasteiger partial charge in [0.05, 0.1) is 5.56 Å². The first kappa shape index (κ1) is 23.8. The maximum Gasteiger partial charge on any atom is 0.189 e. The van der Waals surface area contributed by atoms with E-state index in [1.807, 2.05) is 86.6 Å². The van der Waals surface area contributed by atoms with E-state index in [0.717, 1.165) is 27.8 Å². The summed E-state index contributed by atoms with van der Waals surface area (Å²) in [6.45, 7) is 4.44. The summed E-state index contributed by atoms with van der Waals surface area (Å²) in [4.78, 5) is 13.1. The van der Waals surface area contributed by atoms with E-state index in [1.54, 1.807) is 24.3 Å². The molecule has 0 aromatic heterocycles. The Balaban J connectivity index is 1.56. The summed E-state index contributed by atoms with van der Waals surface area (Å²) in [5, 5.41) is 10.00. The number of benzene rings is 4. The summed E-state index contributed by atoms with van der Waals surface area (Å²) in [5.74, 6) is 1.19. The highest BCUT2D eigenvalue weighted by molar-refractivity contribution is 6.08. The van der Waals surface area contributed by atoms with E-state index >= 15 is 0 Å². The fraction of sp³-hybridized carbons (Fsp3) is 0.129. The van der Waals surface area contributed by atoms with Crippen LogP contribution >= 0.6 is 0 Å². The molecule has 0 heterocycles. The highest BCUT2D eigenvalue weighted by atomic mass is 16.5. The van der Waals surface area contributed by atoms with Crippen molar-refractivity contribution in [2.45, 2.75) is 27.1 Å². The molecule has 4 heteroatoms. The van der Waals surface area contributed by atoms with Crippen molar-refractivity contribution in [3.63, 3.8) is 0 Å². The molecule has 0 unspecified atom stereocenters. The Morgan fingerprint density at radius 1 is 0.771 bits per heavy atom. The van der Waals surface area contributed by atoms with Crippen molar-refractivity contribution in [1.82, 2.24) is 0 Å². The molecule has 1 N–H and O–H groups in total. The van der Waals surface area contributed by atoms with Gasteiger partial charge in [0.15, 0.2) is 5.78 Å². The average Bonchev–Trinajstić information content (AvgIpc) is 2.89. The molecule has 0 fully saturated rings. The van der Waals surface area contributed by atoms with Crippen LogP contribution < -0.4 is 9.47 Å². The van der Waals surface area contributed by atoms with Gasteiger partial charge in [-0.05, 0) is 72.0 Å². The number of aromatic hydroxyl groups is 1. The zero-order valence-electron chi connectivity index (χ0n) is 19.9. The third-order valence-electron chi connectivity index (χ3n) is 5.64. The maximum atomic E-state index is 13.1. The van der Waals surface area contributed by atoms with Crippen molar-refractivity contribution in [2.24, 2.45) is 0 Å². The average molecular weight is 465 g/mol. The molecule has 0 saturated heterocycles. The van der Waals surface area contributed by atoms with Crippen LogP contribution in [0, 0.1) is 13.8 Å². The Hall–Kier alpha value is -4.31. The van der Waals surface area contributed by atoms with Crippen LogP contribution in [0.15, 0.2) is 97.1 Å². The molecule has 4 rings (SSSR count). The van der Waals surface area contributed by atoms with E-state index in [0.29, 0.717) is 30.3 Å². The van der Waals surface area contributed by atoms with Gasteiger partial charge in [0.25, 0.3) is 0 Å². The highest BCUT2D eigenvalue weighted by Gasteiger charge is 2.13. The summed E-state index contributed by atoms with van der Waals surface area (Å²) in [6, 6.07) is 28.7. The minimum atomic E-state index is -0.175. The normalized spacial score (nSPS) is 10.9. The van der Waals surface area contributed by atoms with Gasteiger partial charge in [0, 0.05) is 6.07 Å². The van der Waals surface area contributed by atoms with Gasteiger partial charge < -0.3 is 14.6 Å². The van der Waals surface area contributed by atoms with E-state index in [2.05, 4.69) is 0 Å². The van der Waals surface area contributed by atoms with Crippen molar-refractivity contribution >= 4 is 11.9 Å². The Morgan fingerprint density at radius 3 is 1.94 bits per heavy atom. The van der Waals surface area contributed by atoms with Gasteiger partial charge in [-0.3, -0.25) is 4.79 Å². The Bertz CT molecular complexity index is 1300. The van der Waals surface area contributed by atoms with E-state index < -0.39 is 0 Å². The molecule has 0 saturated carbocycles. The fourth-order valence-electron chi connectivity index (χ4n) is 3.74. The van der Waals surface area contributed by atoms with Crippen LogP contribution in [-0.2, 0) is 13.2 Å². The smallest absolute Gasteiger partial charge is 0.189 e. The molecule has 0 amide bonds. The molecule has 0 bridgehead atoms. The topological polar surface area (TPSA) is 55.8 Å². The lowest BCUT2D eigenvalue weighted by Crippen LogP contribution is -2.04. The third-order valence-corrected chi connectivity index (χ3v) is 5.64. The van der Waals surface area contributed by atoms with Crippen LogP contribution in [0.2, 0.25) is 0 Å². The second kappa shape index (κ2) is 11.2. The Kier molecular flexibility index (Phi) is 7.63. The molecule has 4 nitrogen and oxygen atoms in total. The van der Waals surface area contributed by atoms with Crippen LogP contribution in [0.5, 0.6) is 17.2 Å². The molecule has 4 aromatic rings. The molecule has 176 valence electrons. The molecular weight excluding hydrogens is 436 g/mol. The van der Waals surface area contributed by atoms with Crippen LogP contribution in [0.3, 0.4) is 0 Å². The number of ketones is 1. The third kappa shape index (κ3) is 6.39. The number of rotatable bonds is 9. The van der Waals surface area contributed by atoms with E-state index in [4.69, 9.17) is 9.47 Å². The van der Waals surface area contributed by atoms with Crippen LogP contribution in [0.25, 0.3) is 6.08 Å². The fourth-order valence-corrected chi connectivity index (χ4v) is 3.74. The van der Waals surface area contributed by atoms with Crippen LogP contribution in [0.1, 0.15) is 38.2 Å². The number of allylic oxidation sites excluding steroid dienone is 1. The van der Waals surface area contributed by atoms with Crippen molar-refractivity contribution in [1.29, 1.82) is 0 Å². The maximum absolute atomic E-state index is 13.1. The van der Waals surface area contributed by atoms with Gasteiger partial charge in [-0.15, -0.1) is 0 Å². The van der Waals surface area contributed by atoms with Gasteiger partial charge in [-0.1, -0.05) is 66.7 Å². The Morgan fingerprint density at radius 2 is 1.34 bits per heavy atom. The van der Waals surface area contributed by atoms with E-state index in [1.165, 1.54) is 6.08 Å². The number of hydrogen-bond acceptors (Lipinski definition) is 4. The number of ether oxygens (including phenoxy) is 2. The molecule has 0 aliphatic heterocycles. The van der Waals surface area contributed by atoms with Gasteiger partial charge in [0.2, 0.25) is 0 Å². The van der Waals surface area contributed by atoms with E-state index in [9.17, 15) is 9.90 Å². The van der Waals surface area contributed by atoms with Crippen molar-refractivity contribution in [3.8, 4) is 17.2 Å². The standard InChI is InChI=1S/C31H28O4/c1-22-17-26(18-23(2)31(22)33)13-16-29(32)28-15-14-27(34-20-24-9-5-3-6-10-24)19-30(28)35-21-25-11-7-4-8-12-25/h3-19,33H,20-21H2,1-2H3/b16-13+. The largest absolute Gasteiger partial charge is 0.507 e. The van der Waals surface area contributed by atoms with Gasteiger partial charge >= 0.3 is 0 Å². The molecule has 0 spiro atoms. The lowest BCUT2D eigenvalue weighted by atomic mass is 10.0. The predicted molar refractivity (Wildman–Crippen MR) is 139 cm³/mol. The van der Waals surface area contributed by atoms with Gasteiger partial charge in [0.1, 0.15) is 30.5 Å². The van der Waals surface area contributed by atoms with Crippen molar-refractivity contribution in [3.05, 3.63) is 130 Å². The summed E-state index contributed by atoms with van der Waals surface area (Å²) >= 11 is 0. The minimum Gasteiger partial charge on any atom is -0.507 e. The number of hydrogen-bond donors (Lipinski definition) is 1. The molecule has 4 aromatic carbocycles. The quantitative estimate of drug-likeness (QED) is 0.213. The molecule has 0 aliphatic carbocycles. The SMILES string of the molecule is Cc1cc(/C=C/C(=O)c2ccc(OCc3ccccc3)cc2OCc2ccccc2)cc(C)c1O. The van der Waals surface area contributed by atoms with Crippen molar-refractivity contribution < 1.29 is 19.4 Å². The molecule has 0 aliphatic rings. The number of phenols is 1. The predicted octanol–water partition coefficient (Wildman–Crippen LogP) is 7.06. The molecule has 0 radical (unpaired) electrons. The summed E-state index contributed by atoms with van der Waals surface area (Å²) < 4.78 is 12.0. The zero-order valence-corrected chi connectivity index (χ0v) is 19.9. The summed E-state index contributed by atoms with van der Waals surface area (Å²) in [6.07, 6.45) is 3.28. The second-order valence-electron chi connectivity index (χ2n) is 8.41. The minimum absolute atomic E-state index is 0.175. The lowest BCUT2D eigenvalue weighted by molar-refractivity contribution is 0.104. The second-order valence-corrected chi connectivity index (χ2v) is 8.41. The van der Waals surface area contributed by atoms with E-state index in [-0.39, 0.29) is 11.5 Å². The first-order chi connectivity index (χ1) is 17.0. The highest BCUT2D eigenvalue weighted by Crippen LogP contribution is 2.28. The van der Waals surface area contributed by atoms with Gasteiger partial charge in [-0.2, -0.15) is 0 Å². The van der Waals surface area contributed by atoms with Gasteiger partial charge in [-0.25, -0.2) is 0 Å². The summed E-state index contributed by atoms with van der Waals surface area (Å²) in [5.41, 5.74) is 4.90. The summed E-state index contributed by atoms with van der Waals surface area (Å²) in [7, 11) is 0.